The third-order valence-corrected chi connectivity index (χ3v) is 6.20. The molecule has 2 nitrogen and oxygen atoms in total. The van der Waals surface area contributed by atoms with Crippen LogP contribution < -0.4 is 4.90 Å². The van der Waals surface area contributed by atoms with E-state index in [4.69, 9.17) is 0 Å². The molecule has 0 aromatic heterocycles. The van der Waals surface area contributed by atoms with Crippen molar-refractivity contribution in [2.24, 2.45) is 0 Å². The molecule has 0 spiro atoms. The Hall–Kier alpha value is -3.59. The monoisotopic (exact) mass is 409 g/mol. The summed E-state index contributed by atoms with van der Waals surface area (Å²) in [5, 5.41) is 10.7. The van der Waals surface area contributed by atoms with E-state index in [2.05, 4.69) is 47.4 Å². The molecule has 0 aliphatic carbocycles. The number of phenols is 1. The number of benzene rings is 4. The van der Waals surface area contributed by atoms with E-state index >= 15 is 0 Å². The molecule has 0 saturated carbocycles. The van der Waals surface area contributed by atoms with Gasteiger partial charge in [-0.3, -0.25) is 0 Å². The Balaban J connectivity index is 1.66. The number of hydrogen-bond acceptors (Lipinski definition) is 2. The van der Waals surface area contributed by atoms with Gasteiger partial charge in [-0.15, -0.1) is 0 Å². The minimum atomic E-state index is -0.232. The molecule has 1 heterocycles. The smallest absolute Gasteiger partial charge is 0.123 e. The average molecular weight is 410 g/mol. The Bertz CT molecular complexity index is 1190. The highest BCUT2D eigenvalue weighted by Gasteiger charge is 2.35. The third-order valence-electron chi connectivity index (χ3n) is 6.20. The number of hydrogen-bond donors (Lipinski definition) is 1. The molecule has 2 atom stereocenters. The quantitative estimate of drug-likeness (QED) is 0.400. The minimum absolute atomic E-state index is 0.0374. The van der Waals surface area contributed by atoms with Gasteiger partial charge in [-0.1, -0.05) is 78.9 Å². The third kappa shape index (κ3) is 3.79. The molecular weight excluding hydrogens is 385 g/mol. The van der Waals surface area contributed by atoms with Gasteiger partial charge < -0.3 is 10.0 Å². The van der Waals surface area contributed by atoms with E-state index in [1.165, 1.54) is 17.2 Å². The number of halogens is 1. The molecule has 0 amide bonds. The van der Waals surface area contributed by atoms with Crippen molar-refractivity contribution in [2.75, 3.05) is 4.90 Å². The largest absolute Gasteiger partial charge is 0.508 e. The van der Waals surface area contributed by atoms with Gasteiger partial charge in [-0.2, -0.15) is 0 Å². The Kier molecular flexibility index (Phi) is 5.17. The van der Waals surface area contributed by atoms with Gasteiger partial charge in [0.15, 0.2) is 0 Å². The summed E-state index contributed by atoms with van der Waals surface area (Å²) in [6.45, 7) is 0.565. The van der Waals surface area contributed by atoms with Crippen LogP contribution in [-0.4, -0.2) is 5.11 Å². The molecule has 5 rings (SSSR count). The van der Waals surface area contributed by atoms with Crippen LogP contribution in [0.1, 0.15) is 40.6 Å². The topological polar surface area (TPSA) is 23.5 Å². The lowest BCUT2D eigenvalue weighted by Gasteiger charge is -2.43. The highest BCUT2D eigenvalue weighted by Crippen LogP contribution is 2.49. The average Bonchev–Trinajstić information content (AvgIpc) is 2.80. The first-order chi connectivity index (χ1) is 15.2. The second-order valence-electron chi connectivity index (χ2n) is 8.09. The van der Waals surface area contributed by atoms with Gasteiger partial charge in [-0.05, 0) is 47.4 Å². The molecule has 0 unspecified atom stereocenters. The summed E-state index contributed by atoms with van der Waals surface area (Å²) in [6.07, 6.45) is 0.827. The van der Waals surface area contributed by atoms with Crippen LogP contribution >= 0.6 is 0 Å². The van der Waals surface area contributed by atoms with Crippen molar-refractivity contribution in [3.05, 3.63) is 131 Å². The first-order valence-electron chi connectivity index (χ1n) is 10.6. The van der Waals surface area contributed by atoms with Crippen molar-refractivity contribution < 1.29 is 9.50 Å². The van der Waals surface area contributed by atoms with Crippen molar-refractivity contribution in [3.63, 3.8) is 0 Å². The SMILES string of the molecule is Oc1ccccc1[C@H]1C[C@@H](c2ccccc2)c2ccccc2N1Cc1cccc(F)c1. The fourth-order valence-corrected chi connectivity index (χ4v) is 4.78. The van der Waals surface area contributed by atoms with E-state index in [0.29, 0.717) is 12.3 Å². The summed E-state index contributed by atoms with van der Waals surface area (Å²) in [7, 11) is 0. The molecule has 31 heavy (non-hydrogen) atoms. The zero-order chi connectivity index (χ0) is 21.2. The maximum Gasteiger partial charge on any atom is 0.123 e. The highest BCUT2D eigenvalue weighted by molar-refractivity contribution is 5.62. The van der Waals surface area contributed by atoms with E-state index < -0.39 is 0 Å². The summed E-state index contributed by atoms with van der Waals surface area (Å²) >= 11 is 0. The second kappa shape index (κ2) is 8.27. The van der Waals surface area contributed by atoms with Crippen molar-refractivity contribution in [2.45, 2.75) is 24.9 Å². The van der Waals surface area contributed by atoms with E-state index in [-0.39, 0.29) is 17.8 Å². The normalized spacial score (nSPS) is 17.9. The molecule has 0 radical (unpaired) electrons. The molecule has 0 fully saturated rings. The summed E-state index contributed by atoms with van der Waals surface area (Å²) in [5.74, 6) is 0.276. The lowest BCUT2D eigenvalue weighted by Crippen LogP contribution is -2.34. The predicted molar refractivity (Wildman–Crippen MR) is 123 cm³/mol. The zero-order valence-electron chi connectivity index (χ0n) is 17.2. The van der Waals surface area contributed by atoms with Crippen LogP contribution in [-0.2, 0) is 6.54 Å². The number of aromatic hydroxyl groups is 1. The van der Waals surface area contributed by atoms with Crippen LogP contribution in [0.2, 0.25) is 0 Å². The molecule has 4 aromatic carbocycles. The van der Waals surface area contributed by atoms with Crippen LogP contribution in [0.15, 0.2) is 103 Å². The van der Waals surface area contributed by atoms with Gasteiger partial charge in [0.1, 0.15) is 11.6 Å². The summed E-state index contributed by atoms with van der Waals surface area (Å²) in [5.41, 5.74) is 5.46. The van der Waals surface area contributed by atoms with E-state index in [0.717, 1.165) is 23.2 Å². The number of para-hydroxylation sites is 2. The number of fused-ring (bicyclic) bond motifs is 1. The van der Waals surface area contributed by atoms with Gasteiger partial charge in [-0.25, -0.2) is 4.39 Å². The minimum Gasteiger partial charge on any atom is -0.508 e. The number of anilines is 1. The Morgan fingerprint density at radius 1 is 0.774 bits per heavy atom. The molecule has 4 aromatic rings. The van der Waals surface area contributed by atoms with Crippen LogP contribution in [0.4, 0.5) is 10.1 Å². The predicted octanol–water partition coefficient (Wildman–Crippen LogP) is 6.81. The molecule has 0 saturated heterocycles. The van der Waals surface area contributed by atoms with E-state index in [9.17, 15) is 9.50 Å². The van der Waals surface area contributed by atoms with E-state index in [1.54, 1.807) is 18.2 Å². The van der Waals surface area contributed by atoms with Gasteiger partial charge in [0.2, 0.25) is 0 Å². The van der Waals surface area contributed by atoms with Crippen LogP contribution in [0, 0.1) is 5.82 Å². The van der Waals surface area contributed by atoms with Crippen LogP contribution in [0.25, 0.3) is 0 Å². The molecule has 154 valence electrons. The Morgan fingerprint density at radius 2 is 1.48 bits per heavy atom. The van der Waals surface area contributed by atoms with E-state index in [1.807, 2.05) is 36.4 Å². The molecular formula is C28H24FNO. The lowest BCUT2D eigenvalue weighted by molar-refractivity contribution is 0.441. The first-order valence-corrected chi connectivity index (χ1v) is 10.6. The standard InChI is InChI=1S/C28H24FNO/c29-22-12-8-9-20(17-22)19-30-26-15-6-4-13-23(26)25(21-10-2-1-3-11-21)18-27(30)24-14-5-7-16-28(24)31/h1-17,25,27,31H,18-19H2/t25-,27+/m0/s1. The number of nitrogens with zero attached hydrogens (tertiary/aromatic N) is 1. The van der Waals surface area contributed by atoms with Gasteiger partial charge in [0, 0.05) is 23.7 Å². The van der Waals surface area contributed by atoms with Crippen molar-refractivity contribution in [3.8, 4) is 5.75 Å². The molecule has 3 heteroatoms. The summed E-state index contributed by atoms with van der Waals surface area (Å²) in [4.78, 5) is 2.30. The van der Waals surface area contributed by atoms with Crippen LogP contribution in [0.3, 0.4) is 0 Å². The van der Waals surface area contributed by atoms with Crippen molar-refractivity contribution >= 4 is 5.69 Å². The fourth-order valence-electron chi connectivity index (χ4n) is 4.78. The summed E-state index contributed by atoms with van der Waals surface area (Å²) in [6, 6.07) is 33.3. The summed E-state index contributed by atoms with van der Waals surface area (Å²) < 4.78 is 13.9. The van der Waals surface area contributed by atoms with Crippen LogP contribution in [0.5, 0.6) is 5.75 Å². The Labute approximate surface area is 182 Å². The molecule has 1 aliphatic rings. The van der Waals surface area contributed by atoms with Crippen molar-refractivity contribution in [1.29, 1.82) is 0 Å². The molecule has 0 bridgehead atoms. The second-order valence-corrected chi connectivity index (χ2v) is 8.09. The maximum absolute atomic E-state index is 13.9. The Morgan fingerprint density at radius 3 is 2.26 bits per heavy atom. The van der Waals surface area contributed by atoms with Gasteiger partial charge >= 0.3 is 0 Å². The first kappa shape index (κ1) is 19.4. The van der Waals surface area contributed by atoms with Gasteiger partial charge in [0.25, 0.3) is 0 Å². The number of rotatable bonds is 4. The van der Waals surface area contributed by atoms with Gasteiger partial charge in [0.05, 0.1) is 6.04 Å². The maximum atomic E-state index is 13.9. The molecule has 1 N–H and O–H groups in total. The zero-order valence-corrected chi connectivity index (χ0v) is 17.2. The lowest BCUT2D eigenvalue weighted by atomic mass is 9.79. The highest BCUT2D eigenvalue weighted by atomic mass is 19.1. The van der Waals surface area contributed by atoms with Crippen molar-refractivity contribution in [1.82, 2.24) is 0 Å². The fraction of sp³-hybridized carbons (Fsp3) is 0.143. The number of phenolic OH excluding ortho intramolecular Hbond substituents is 1. The molecule has 1 aliphatic heterocycles.